The molecule has 7 nitrogen and oxygen atoms in total. The molecule has 0 saturated carbocycles. The van der Waals surface area contributed by atoms with Gasteiger partial charge in [0.15, 0.2) is 5.82 Å². The van der Waals surface area contributed by atoms with Gasteiger partial charge in [0, 0.05) is 24.0 Å². The number of phenolic OH excluding ortho intramolecular Hbond substituents is 1. The number of hydrogen-bond donors (Lipinski definition) is 2. The van der Waals surface area contributed by atoms with Crippen LogP contribution in [0, 0.1) is 0 Å². The first-order valence-corrected chi connectivity index (χ1v) is 8.71. The van der Waals surface area contributed by atoms with Crippen molar-refractivity contribution in [1.82, 2.24) is 30.0 Å². The lowest BCUT2D eigenvalue weighted by atomic mass is 10.1. The molecule has 2 aromatic heterocycles. The Kier molecular flexibility index (Phi) is 4.70. The maximum Gasteiger partial charge on any atom is 0.174 e. The Hall–Kier alpha value is -3.06. The van der Waals surface area contributed by atoms with Crippen LogP contribution in [0.3, 0.4) is 0 Å². The van der Waals surface area contributed by atoms with Crippen LogP contribution in [-0.4, -0.2) is 42.9 Å². The molecule has 1 aromatic carbocycles. The van der Waals surface area contributed by atoms with Crippen LogP contribution in [0.5, 0.6) is 5.75 Å². The molecule has 1 aliphatic heterocycles. The molecule has 3 aromatic rings. The van der Waals surface area contributed by atoms with Crippen LogP contribution in [0.4, 0.5) is 0 Å². The molecule has 3 heterocycles. The lowest BCUT2D eigenvalue weighted by molar-refractivity contribution is 0.476. The monoisotopic (exact) mass is 348 g/mol. The standard InChI is InChI=1S/C19H20N6O/c26-18-11-15(25-9-8-21-13-25)3-4-16(18)17-12-22-19(24-23-17)10-14-2-1-6-20-7-5-14/h3-4,8-13,20,26H,1-2,5-7H2/b14-10-. The number of phenols is 1. The predicted molar refractivity (Wildman–Crippen MR) is 98.7 cm³/mol. The number of aromatic nitrogens is 5. The molecule has 1 aliphatic rings. The number of imidazole rings is 1. The third kappa shape index (κ3) is 3.62. The average molecular weight is 348 g/mol. The number of nitrogens with zero attached hydrogens (tertiary/aromatic N) is 5. The summed E-state index contributed by atoms with van der Waals surface area (Å²) in [5.74, 6) is 0.744. The fraction of sp³-hybridized carbons (Fsp3) is 0.263. The molecule has 2 N–H and O–H groups in total. The maximum atomic E-state index is 10.4. The van der Waals surface area contributed by atoms with Gasteiger partial charge in [0.05, 0.1) is 18.2 Å². The summed E-state index contributed by atoms with van der Waals surface area (Å²) in [4.78, 5) is 8.41. The summed E-state index contributed by atoms with van der Waals surface area (Å²) in [5.41, 5.74) is 3.32. The van der Waals surface area contributed by atoms with Gasteiger partial charge >= 0.3 is 0 Å². The fourth-order valence-electron chi connectivity index (χ4n) is 3.05. The van der Waals surface area contributed by atoms with Crippen LogP contribution in [0.2, 0.25) is 0 Å². The van der Waals surface area contributed by atoms with E-state index in [0.29, 0.717) is 17.1 Å². The molecular formula is C19H20N6O. The molecule has 0 unspecified atom stereocenters. The quantitative estimate of drug-likeness (QED) is 0.756. The number of aromatic hydroxyl groups is 1. The molecule has 1 fully saturated rings. The number of benzene rings is 1. The van der Waals surface area contributed by atoms with E-state index in [2.05, 4.69) is 25.5 Å². The molecule has 132 valence electrons. The normalized spacial score (nSPS) is 16.5. The first kappa shape index (κ1) is 16.4. The van der Waals surface area contributed by atoms with E-state index in [4.69, 9.17) is 0 Å². The highest BCUT2D eigenvalue weighted by Gasteiger charge is 2.10. The van der Waals surface area contributed by atoms with Gasteiger partial charge in [0.2, 0.25) is 0 Å². The molecule has 0 amide bonds. The van der Waals surface area contributed by atoms with E-state index in [1.54, 1.807) is 24.8 Å². The Labute approximate surface area is 151 Å². The number of nitrogens with one attached hydrogen (secondary N) is 1. The van der Waals surface area contributed by atoms with Crippen LogP contribution >= 0.6 is 0 Å². The Morgan fingerprint density at radius 3 is 2.88 bits per heavy atom. The average Bonchev–Trinajstić information content (AvgIpc) is 3.08. The van der Waals surface area contributed by atoms with E-state index >= 15 is 0 Å². The lowest BCUT2D eigenvalue weighted by Crippen LogP contribution is -2.13. The van der Waals surface area contributed by atoms with Crippen molar-refractivity contribution in [3.63, 3.8) is 0 Å². The van der Waals surface area contributed by atoms with Crippen molar-refractivity contribution < 1.29 is 5.11 Å². The highest BCUT2D eigenvalue weighted by molar-refractivity contribution is 5.68. The summed E-state index contributed by atoms with van der Waals surface area (Å²) in [6.45, 7) is 2.05. The zero-order chi connectivity index (χ0) is 17.8. The van der Waals surface area contributed by atoms with Crippen LogP contribution in [0.25, 0.3) is 23.0 Å². The van der Waals surface area contributed by atoms with Gasteiger partial charge in [-0.3, -0.25) is 0 Å². The van der Waals surface area contributed by atoms with Gasteiger partial charge in [0.25, 0.3) is 0 Å². The Bertz CT molecular complexity index is 892. The van der Waals surface area contributed by atoms with Crippen molar-refractivity contribution in [2.45, 2.75) is 19.3 Å². The van der Waals surface area contributed by atoms with E-state index in [0.717, 1.165) is 38.0 Å². The van der Waals surface area contributed by atoms with Gasteiger partial charge in [-0.2, -0.15) is 0 Å². The first-order chi connectivity index (χ1) is 12.8. The smallest absolute Gasteiger partial charge is 0.174 e. The zero-order valence-corrected chi connectivity index (χ0v) is 14.3. The summed E-state index contributed by atoms with van der Waals surface area (Å²) < 4.78 is 1.82. The molecule has 0 bridgehead atoms. The van der Waals surface area contributed by atoms with Crippen molar-refractivity contribution in [2.24, 2.45) is 0 Å². The van der Waals surface area contributed by atoms with Crippen molar-refractivity contribution in [1.29, 1.82) is 0 Å². The summed E-state index contributed by atoms with van der Waals surface area (Å²) >= 11 is 0. The van der Waals surface area contributed by atoms with E-state index < -0.39 is 0 Å². The first-order valence-electron chi connectivity index (χ1n) is 8.71. The molecule has 1 saturated heterocycles. The Balaban J connectivity index is 1.56. The minimum atomic E-state index is 0.133. The van der Waals surface area contributed by atoms with E-state index in [-0.39, 0.29) is 5.75 Å². The van der Waals surface area contributed by atoms with Crippen LogP contribution < -0.4 is 5.32 Å². The summed E-state index contributed by atoms with van der Waals surface area (Å²) in [7, 11) is 0. The second kappa shape index (κ2) is 7.45. The largest absolute Gasteiger partial charge is 0.507 e. The Morgan fingerprint density at radius 2 is 2.12 bits per heavy atom. The molecule has 26 heavy (non-hydrogen) atoms. The molecule has 0 aliphatic carbocycles. The topological polar surface area (TPSA) is 88.8 Å². The SMILES string of the molecule is Oc1cc(-n2ccnc2)ccc1-c1cnc(/C=C2/CCCNCC2)nn1. The van der Waals surface area contributed by atoms with Crippen LogP contribution in [-0.2, 0) is 0 Å². The number of hydrogen-bond acceptors (Lipinski definition) is 6. The van der Waals surface area contributed by atoms with Gasteiger partial charge < -0.3 is 15.0 Å². The van der Waals surface area contributed by atoms with Crippen LogP contribution in [0.1, 0.15) is 25.1 Å². The molecular weight excluding hydrogens is 328 g/mol. The maximum absolute atomic E-state index is 10.4. The van der Waals surface area contributed by atoms with Gasteiger partial charge in [-0.15, -0.1) is 10.2 Å². The molecule has 4 rings (SSSR count). The minimum Gasteiger partial charge on any atom is -0.507 e. The van der Waals surface area contributed by atoms with Gasteiger partial charge in [-0.25, -0.2) is 9.97 Å². The molecule has 0 atom stereocenters. The zero-order valence-electron chi connectivity index (χ0n) is 14.3. The second-order valence-electron chi connectivity index (χ2n) is 6.28. The van der Waals surface area contributed by atoms with E-state index in [1.807, 2.05) is 29.0 Å². The highest BCUT2D eigenvalue weighted by atomic mass is 16.3. The lowest BCUT2D eigenvalue weighted by Gasteiger charge is -2.07. The molecule has 0 radical (unpaired) electrons. The van der Waals surface area contributed by atoms with Gasteiger partial charge in [-0.05, 0) is 50.6 Å². The van der Waals surface area contributed by atoms with Gasteiger partial charge in [-0.1, -0.05) is 5.57 Å². The van der Waals surface area contributed by atoms with Crippen molar-refractivity contribution in [3.8, 4) is 22.7 Å². The van der Waals surface area contributed by atoms with Crippen molar-refractivity contribution >= 4 is 6.08 Å². The summed E-state index contributed by atoms with van der Waals surface area (Å²) in [5, 5.41) is 22.2. The molecule has 7 heteroatoms. The predicted octanol–water partition coefficient (Wildman–Crippen LogP) is 2.59. The molecule has 0 spiro atoms. The van der Waals surface area contributed by atoms with E-state index in [9.17, 15) is 5.11 Å². The fourth-order valence-corrected chi connectivity index (χ4v) is 3.05. The number of rotatable bonds is 3. The minimum absolute atomic E-state index is 0.133. The third-order valence-electron chi connectivity index (χ3n) is 4.45. The third-order valence-corrected chi connectivity index (χ3v) is 4.45. The van der Waals surface area contributed by atoms with Crippen molar-refractivity contribution in [3.05, 3.63) is 54.5 Å². The Morgan fingerprint density at radius 1 is 1.15 bits per heavy atom. The van der Waals surface area contributed by atoms with Crippen molar-refractivity contribution in [2.75, 3.05) is 13.1 Å². The summed E-state index contributed by atoms with van der Waals surface area (Å²) in [6, 6.07) is 5.38. The summed E-state index contributed by atoms with van der Waals surface area (Å²) in [6.07, 6.45) is 12.1. The van der Waals surface area contributed by atoms with Gasteiger partial charge in [0.1, 0.15) is 11.4 Å². The van der Waals surface area contributed by atoms with Crippen LogP contribution in [0.15, 0.2) is 48.7 Å². The second-order valence-corrected chi connectivity index (χ2v) is 6.28. The highest BCUT2D eigenvalue weighted by Crippen LogP contribution is 2.29. The van der Waals surface area contributed by atoms with E-state index in [1.165, 1.54) is 5.57 Å².